The van der Waals surface area contributed by atoms with Crippen molar-refractivity contribution >= 4 is 29.8 Å². The number of carboxylic acids is 3. The minimum absolute atomic E-state index is 0.0628. The second-order valence-electron chi connectivity index (χ2n) is 12.3. The fourth-order valence-electron chi connectivity index (χ4n) is 4.42. The molecule has 0 saturated carbocycles. The van der Waals surface area contributed by atoms with Crippen LogP contribution in [0.5, 0.6) is 0 Å². The van der Waals surface area contributed by atoms with E-state index in [1.807, 2.05) is 6.92 Å². The first-order valence-corrected chi connectivity index (χ1v) is 17.9. The molecule has 0 aliphatic carbocycles. The molecule has 1 aliphatic rings. The lowest BCUT2D eigenvalue weighted by Crippen LogP contribution is -2.32. The summed E-state index contributed by atoms with van der Waals surface area (Å²) in [5.41, 5.74) is 0.0509. The summed E-state index contributed by atoms with van der Waals surface area (Å²) in [6.07, 6.45) is 22.9. The van der Waals surface area contributed by atoms with Gasteiger partial charge in [0.1, 0.15) is 0 Å². The van der Waals surface area contributed by atoms with Crippen LogP contribution in [-0.2, 0) is 19.1 Å². The maximum absolute atomic E-state index is 10.8. The SMILES string of the molecule is CCC(CO)(CO)CO.CCCCCCCC/C=C\CCCCCCCC(=O)O.O=C(O)CCCCC(=O)O.O=C1OC(=O)c2ccccc21. The van der Waals surface area contributed by atoms with E-state index in [1.54, 1.807) is 24.3 Å². The van der Waals surface area contributed by atoms with Crippen molar-refractivity contribution in [2.75, 3.05) is 19.8 Å². The number of aliphatic hydroxyl groups excluding tert-OH is 3. The number of carbonyl (C=O) groups is 5. The third-order valence-corrected chi connectivity index (χ3v) is 7.99. The van der Waals surface area contributed by atoms with Crippen molar-refractivity contribution in [3.63, 3.8) is 0 Å². The minimum atomic E-state index is -0.870. The molecule has 1 heterocycles. The highest BCUT2D eigenvalue weighted by Gasteiger charge is 2.28. The predicted octanol–water partition coefficient (Wildman–Crippen LogP) is 7.18. The van der Waals surface area contributed by atoms with Gasteiger partial charge in [-0.2, -0.15) is 0 Å². The van der Waals surface area contributed by atoms with Gasteiger partial charge in [0.05, 0.1) is 30.9 Å². The molecule has 12 heteroatoms. The summed E-state index contributed by atoms with van der Waals surface area (Å²) in [7, 11) is 0. The van der Waals surface area contributed by atoms with Crippen LogP contribution in [-0.4, -0.2) is 80.3 Å². The summed E-state index contributed by atoms with van der Waals surface area (Å²) in [4.78, 5) is 51.8. The Kier molecular flexibility index (Phi) is 31.6. The van der Waals surface area contributed by atoms with E-state index in [-0.39, 0.29) is 32.7 Å². The Bertz CT molecular complexity index is 1030. The molecule has 0 atom stereocenters. The van der Waals surface area contributed by atoms with Gasteiger partial charge in [0.2, 0.25) is 0 Å². The third kappa shape index (κ3) is 27.2. The Morgan fingerprint density at radius 2 is 0.920 bits per heavy atom. The number of cyclic esters (lactones) is 2. The second kappa shape index (κ2) is 32.6. The van der Waals surface area contributed by atoms with E-state index in [2.05, 4.69) is 23.8 Å². The van der Waals surface area contributed by atoms with Crippen LogP contribution >= 0.6 is 0 Å². The first-order chi connectivity index (χ1) is 23.9. The zero-order valence-corrected chi connectivity index (χ0v) is 30.2. The van der Waals surface area contributed by atoms with Crippen LogP contribution in [0.4, 0.5) is 0 Å². The van der Waals surface area contributed by atoms with Crippen LogP contribution < -0.4 is 0 Å². The van der Waals surface area contributed by atoms with Gasteiger partial charge in [0, 0.05) is 24.7 Å². The second-order valence-corrected chi connectivity index (χ2v) is 12.3. The van der Waals surface area contributed by atoms with Crippen molar-refractivity contribution in [1.29, 1.82) is 0 Å². The number of hydrogen-bond acceptors (Lipinski definition) is 9. The van der Waals surface area contributed by atoms with Crippen LogP contribution in [0, 0.1) is 5.41 Å². The molecule has 0 saturated heterocycles. The molecule has 0 spiro atoms. The highest BCUT2D eigenvalue weighted by molar-refractivity contribution is 6.14. The number of carboxylic acid groups (broad SMARTS) is 3. The number of allylic oxidation sites excluding steroid dienone is 2. The lowest BCUT2D eigenvalue weighted by molar-refractivity contribution is -0.139. The zero-order chi connectivity index (χ0) is 38.0. The minimum Gasteiger partial charge on any atom is -0.481 e. The van der Waals surface area contributed by atoms with Crippen molar-refractivity contribution in [2.24, 2.45) is 5.41 Å². The van der Waals surface area contributed by atoms with Gasteiger partial charge in [-0.25, -0.2) is 9.59 Å². The topological polar surface area (TPSA) is 216 Å². The van der Waals surface area contributed by atoms with Crippen LogP contribution in [0.1, 0.15) is 157 Å². The molecule has 12 nitrogen and oxygen atoms in total. The largest absolute Gasteiger partial charge is 0.481 e. The molecule has 0 amide bonds. The fourth-order valence-corrected chi connectivity index (χ4v) is 4.42. The highest BCUT2D eigenvalue weighted by atomic mass is 16.6. The van der Waals surface area contributed by atoms with E-state index in [0.29, 0.717) is 36.8 Å². The number of aliphatic carboxylic acids is 3. The van der Waals surface area contributed by atoms with E-state index < -0.39 is 35.3 Å². The number of carbonyl (C=O) groups excluding carboxylic acids is 2. The Balaban J connectivity index is 0. The molecular formula is C38H62O12. The number of aliphatic hydroxyl groups is 3. The summed E-state index contributed by atoms with van der Waals surface area (Å²) in [5, 5.41) is 50.7. The molecule has 2 rings (SSSR count). The Morgan fingerprint density at radius 1 is 0.580 bits per heavy atom. The number of fused-ring (bicyclic) bond motifs is 1. The fraction of sp³-hybridized carbons (Fsp3) is 0.658. The van der Waals surface area contributed by atoms with Gasteiger partial charge in [-0.15, -0.1) is 0 Å². The summed E-state index contributed by atoms with van der Waals surface area (Å²) in [6.45, 7) is 3.61. The van der Waals surface area contributed by atoms with E-state index in [9.17, 15) is 24.0 Å². The van der Waals surface area contributed by atoms with Gasteiger partial charge >= 0.3 is 29.8 Å². The average molecular weight is 711 g/mol. The summed E-state index contributed by atoms with van der Waals surface area (Å²) >= 11 is 0. The summed E-state index contributed by atoms with van der Waals surface area (Å²) in [6, 6.07) is 6.53. The molecule has 0 aromatic heterocycles. The number of hydrogen-bond donors (Lipinski definition) is 6. The molecule has 1 aromatic carbocycles. The smallest absolute Gasteiger partial charge is 0.346 e. The van der Waals surface area contributed by atoms with Crippen molar-refractivity contribution in [3.8, 4) is 0 Å². The van der Waals surface area contributed by atoms with Crippen molar-refractivity contribution in [1.82, 2.24) is 0 Å². The third-order valence-electron chi connectivity index (χ3n) is 7.99. The molecule has 50 heavy (non-hydrogen) atoms. The Hall–Kier alpha value is -3.61. The summed E-state index contributed by atoms with van der Waals surface area (Å²) in [5.74, 6) is -3.50. The van der Waals surface area contributed by atoms with Crippen LogP contribution in [0.2, 0.25) is 0 Å². The maximum atomic E-state index is 10.8. The first-order valence-electron chi connectivity index (χ1n) is 17.9. The van der Waals surface area contributed by atoms with Crippen LogP contribution in [0.3, 0.4) is 0 Å². The van der Waals surface area contributed by atoms with Crippen LogP contribution in [0.25, 0.3) is 0 Å². The molecular weight excluding hydrogens is 648 g/mol. The van der Waals surface area contributed by atoms with Crippen LogP contribution in [0.15, 0.2) is 36.4 Å². The first kappa shape index (κ1) is 48.5. The zero-order valence-electron chi connectivity index (χ0n) is 30.2. The van der Waals surface area contributed by atoms with Gasteiger partial charge in [-0.1, -0.05) is 89.5 Å². The van der Waals surface area contributed by atoms with Crippen molar-refractivity contribution in [3.05, 3.63) is 47.5 Å². The predicted molar refractivity (Wildman–Crippen MR) is 191 cm³/mol. The molecule has 0 radical (unpaired) electrons. The van der Waals surface area contributed by atoms with Gasteiger partial charge in [-0.3, -0.25) is 14.4 Å². The Labute approximate surface area is 297 Å². The van der Waals surface area contributed by atoms with Gasteiger partial charge in [0.25, 0.3) is 0 Å². The molecule has 0 fully saturated rings. The normalized spacial score (nSPS) is 11.7. The van der Waals surface area contributed by atoms with Crippen molar-refractivity contribution < 1.29 is 59.3 Å². The van der Waals surface area contributed by atoms with E-state index in [1.165, 1.54) is 70.6 Å². The number of unbranched alkanes of at least 4 members (excludes halogenated alkanes) is 12. The molecule has 1 aliphatic heterocycles. The van der Waals surface area contributed by atoms with Gasteiger partial charge in [-0.05, 0) is 63.5 Å². The standard InChI is InChI=1S/C18H34O2.C8H4O3.C6H10O4.C6H14O3/c1-2-3-4-5-6-7-8-9-10-11-12-13-14-15-16-17-18(19)20;9-7-5-3-1-2-4-6(5)8(10)11-7;7-5(8)3-1-2-4-6(9)10;1-2-6(3-7,4-8)5-9/h9-10H,2-8,11-17H2,1H3,(H,19,20);1-4H;1-4H2,(H,7,8)(H,9,10);7-9H,2-5H2,1H3/b10-9-;;;. The number of esters is 2. The Morgan fingerprint density at radius 3 is 1.24 bits per heavy atom. The highest BCUT2D eigenvalue weighted by Crippen LogP contribution is 2.19. The molecule has 1 aromatic rings. The quantitative estimate of drug-likeness (QED) is 0.0272. The number of benzene rings is 1. The molecule has 0 bridgehead atoms. The van der Waals surface area contributed by atoms with E-state index in [0.717, 1.165) is 12.8 Å². The molecule has 286 valence electrons. The van der Waals surface area contributed by atoms with E-state index in [4.69, 9.17) is 30.6 Å². The maximum Gasteiger partial charge on any atom is 0.346 e. The molecule has 0 unspecified atom stereocenters. The monoisotopic (exact) mass is 710 g/mol. The van der Waals surface area contributed by atoms with E-state index >= 15 is 0 Å². The molecule has 6 N–H and O–H groups in total. The van der Waals surface area contributed by atoms with Crippen molar-refractivity contribution in [2.45, 2.75) is 136 Å². The number of rotatable bonds is 24. The lowest BCUT2D eigenvalue weighted by atomic mass is 9.88. The van der Waals surface area contributed by atoms with Gasteiger partial charge < -0.3 is 35.4 Å². The lowest BCUT2D eigenvalue weighted by Gasteiger charge is -2.24. The number of ether oxygens (including phenoxy) is 1. The van der Waals surface area contributed by atoms with Gasteiger partial charge in [0.15, 0.2) is 0 Å². The summed E-state index contributed by atoms with van der Waals surface area (Å²) < 4.78 is 4.35. The average Bonchev–Trinajstić information content (AvgIpc) is 3.39.